The third-order valence-corrected chi connectivity index (χ3v) is 12.3. The molecule has 0 amide bonds. The predicted octanol–water partition coefficient (Wildman–Crippen LogP) is 14.0. The fourth-order valence-corrected chi connectivity index (χ4v) is 10.4. The molecule has 0 radical (unpaired) electrons. The van der Waals surface area contributed by atoms with E-state index in [1.807, 2.05) is 28.7 Å². The van der Waals surface area contributed by atoms with Crippen molar-refractivity contribution < 1.29 is 4.42 Å². The van der Waals surface area contributed by atoms with Crippen LogP contribution in [0.2, 0.25) is 0 Å². The number of para-hydroxylation sites is 1. The lowest BCUT2D eigenvalue weighted by molar-refractivity contribution is 0.669. The van der Waals surface area contributed by atoms with Crippen LogP contribution in [0, 0.1) is 0 Å². The average molecular weight is 633 g/mol. The first-order chi connectivity index (χ1) is 23.3. The quantitative estimate of drug-likeness (QED) is 0.173. The van der Waals surface area contributed by atoms with Crippen molar-refractivity contribution in [3.05, 3.63) is 146 Å². The van der Waals surface area contributed by atoms with E-state index in [1.54, 1.807) is 0 Å². The summed E-state index contributed by atoms with van der Waals surface area (Å²) in [4.78, 5) is 0. The largest absolute Gasteiger partial charge is 0.456 e. The van der Waals surface area contributed by atoms with E-state index in [2.05, 4.69) is 140 Å². The summed E-state index contributed by atoms with van der Waals surface area (Å²) in [6, 6.07) is 53.3. The molecule has 47 heavy (non-hydrogen) atoms. The van der Waals surface area contributed by atoms with E-state index in [1.165, 1.54) is 84.1 Å². The Morgan fingerprint density at radius 2 is 0.787 bits per heavy atom. The highest BCUT2D eigenvalue weighted by Crippen LogP contribution is 2.53. The lowest BCUT2D eigenvalue weighted by atomic mass is 9.85. The SMILES string of the molecule is c1ccc2c(c1)oc1cc(-c3c4ccccc4c(-c4c5sc6ccccc6c5cc5c4sc4ccccc45)c4ccccc34)ccc12. The Bertz CT molecular complexity index is 2930. The molecule has 3 heteroatoms. The van der Waals surface area contributed by atoms with Crippen molar-refractivity contribution in [3.8, 4) is 22.3 Å². The molecule has 11 rings (SSSR count). The summed E-state index contributed by atoms with van der Waals surface area (Å²) in [6.07, 6.45) is 0. The molecule has 0 aliphatic heterocycles. The number of fused-ring (bicyclic) bond motifs is 11. The van der Waals surface area contributed by atoms with Gasteiger partial charge in [-0.25, -0.2) is 0 Å². The molecule has 8 aromatic carbocycles. The number of thiophene rings is 2. The molecular weight excluding hydrogens is 609 g/mol. The van der Waals surface area contributed by atoms with Gasteiger partial charge in [0.15, 0.2) is 0 Å². The second-order valence-corrected chi connectivity index (χ2v) is 14.5. The topological polar surface area (TPSA) is 13.1 Å². The third-order valence-electron chi connectivity index (χ3n) is 9.86. The first kappa shape index (κ1) is 25.7. The molecule has 3 heterocycles. The zero-order valence-electron chi connectivity index (χ0n) is 25.1. The van der Waals surface area contributed by atoms with Gasteiger partial charge in [-0.2, -0.15) is 0 Å². The van der Waals surface area contributed by atoms with Gasteiger partial charge < -0.3 is 4.42 Å². The van der Waals surface area contributed by atoms with Gasteiger partial charge in [0.1, 0.15) is 11.2 Å². The van der Waals surface area contributed by atoms with Crippen LogP contribution in [0.4, 0.5) is 0 Å². The molecule has 218 valence electrons. The maximum absolute atomic E-state index is 6.39. The van der Waals surface area contributed by atoms with Crippen molar-refractivity contribution in [2.45, 2.75) is 0 Å². The Hall–Kier alpha value is -5.48. The molecule has 3 aromatic heterocycles. The van der Waals surface area contributed by atoms with Crippen molar-refractivity contribution in [1.29, 1.82) is 0 Å². The number of hydrogen-bond donors (Lipinski definition) is 0. The van der Waals surface area contributed by atoms with E-state index >= 15 is 0 Å². The van der Waals surface area contributed by atoms with Gasteiger partial charge in [-0.1, -0.05) is 109 Å². The molecule has 0 saturated heterocycles. The van der Waals surface area contributed by atoms with Crippen molar-refractivity contribution in [2.75, 3.05) is 0 Å². The van der Waals surface area contributed by atoms with E-state index in [9.17, 15) is 0 Å². The maximum Gasteiger partial charge on any atom is 0.136 e. The molecule has 11 aromatic rings. The molecule has 0 atom stereocenters. The smallest absolute Gasteiger partial charge is 0.136 e. The van der Waals surface area contributed by atoms with Gasteiger partial charge in [0.25, 0.3) is 0 Å². The lowest BCUT2D eigenvalue weighted by Gasteiger charge is -2.18. The van der Waals surface area contributed by atoms with Gasteiger partial charge in [-0.05, 0) is 69.1 Å². The van der Waals surface area contributed by atoms with Gasteiger partial charge in [0.2, 0.25) is 0 Å². The average Bonchev–Trinajstić information content (AvgIpc) is 3.81. The number of benzene rings is 8. The van der Waals surface area contributed by atoms with Crippen LogP contribution in [-0.4, -0.2) is 0 Å². The van der Waals surface area contributed by atoms with Crippen LogP contribution < -0.4 is 0 Å². The molecule has 0 bridgehead atoms. The first-order valence-electron chi connectivity index (χ1n) is 15.9. The normalized spacial score (nSPS) is 12.3. The lowest BCUT2D eigenvalue weighted by Crippen LogP contribution is -1.91. The Labute approximate surface area is 277 Å². The zero-order chi connectivity index (χ0) is 30.6. The predicted molar refractivity (Wildman–Crippen MR) is 205 cm³/mol. The minimum Gasteiger partial charge on any atom is -0.456 e. The second-order valence-electron chi connectivity index (χ2n) is 12.4. The Kier molecular flexibility index (Phi) is 5.20. The highest BCUT2D eigenvalue weighted by atomic mass is 32.1. The van der Waals surface area contributed by atoms with Crippen LogP contribution in [-0.2, 0) is 0 Å². The summed E-state index contributed by atoms with van der Waals surface area (Å²) in [5, 5.41) is 12.7. The second kappa shape index (κ2) is 9.52. The fourth-order valence-electron chi connectivity index (χ4n) is 7.85. The van der Waals surface area contributed by atoms with E-state index in [4.69, 9.17) is 4.42 Å². The van der Waals surface area contributed by atoms with Crippen molar-refractivity contribution in [1.82, 2.24) is 0 Å². The fraction of sp³-hybridized carbons (Fsp3) is 0. The van der Waals surface area contributed by atoms with Crippen LogP contribution >= 0.6 is 22.7 Å². The Morgan fingerprint density at radius 3 is 1.38 bits per heavy atom. The molecule has 0 unspecified atom stereocenters. The highest BCUT2D eigenvalue weighted by Gasteiger charge is 2.23. The third kappa shape index (κ3) is 3.53. The van der Waals surface area contributed by atoms with Gasteiger partial charge in [-0.3, -0.25) is 0 Å². The summed E-state index contributed by atoms with van der Waals surface area (Å²) >= 11 is 3.85. The minimum atomic E-state index is 0.919. The maximum atomic E-state index is 6.39. The first-order valence-corrected chi connectivity index (χ1v) is 17.6. The minimum absolute atomic E-state index is 0.919. The van der Waals surface area contributed by atoms with Crippen molar-refractivity contribution in [2.24, 2.45) is 0 Å². The van der Waals surface area contributed by atoms with Gasteiger partial charge in [0, 0.05) is 62.2 Å². The van der Waals surface area contributed by atoms with E-state index in [0.717, 1.165) is 21.9 Å². The highest BCUT2D eigenvalue weighted by molar-refractivity contribution is 7.29. The molecule has 1 nitrogen and oxygen atoms in total. The standard InChI is InChI=1S/C44H24OS2/c1-3-16-32-30(14-1)40(25-21-22-27-26-11-5-8-18-36(26)45-37(27)23-25)31-15-2-4-17-33(31)41(32)42-43-34(28-12-6-9-19-38(28)46-43)24-35-29-13-7-10-20-39(29)47-44(35)42/h1-24H. The molecule has 0 fully saturated rings. The number of rotatable bonds is 2. The number of hydrogen-bond acceptors (Lipinski definition) is 3. The molecule has 0 spiro atoms. The van der Waals surface area contributed by atoms with E-state index in [0.29, 0.717) is 0 Å². The van der Waals surface area contributed by atoms with Crippen molar-refractivity contribution >= 4 is 107 Å². The number of furan rings is 1. The Balaban J connectivity index is 1.32. The molecule has 0 aliphatic carbocycles. The summed E-state index contributed by atoms with van der Waals surface area (Å²) in [5.41, 5.74) is 6.93. The van der Waals surface area contributed by atoms with Crippen LogP contribution in [0.1, 0.15) is 0 Å². The van der Waals surface area contributed by atoms with Gasteiger partial charge in [-0.15, -0.1) is 22.7 Å². The van der Waals surface area contributed by atoms with Crippen LogP contribution in [0.5, 0.6) is 0 Å². The monoisotopic (exact) mass is 632 g/mol. The van der Waals surface area contributed by atoms with Crippen molar-refractivity contribution in [3.63, 3.8) is 0 Å². The van der Waals surface area contributed by atoms with Gasteiger partial charge >= 0.3 is 0 Å². The summed E-state index contributed by atoms with van der Waals surface area (Å²) in [5.74, 6) is 0. The summed E-state index contributed by atoms with van der Waals surface area (Å²) in [7, 11) is 0. The van der Waals surface area contributed by atoms with Crippen LogP contribution in [0.3, 0.4) is 0 Å². The van der Waals surface area contributed by atoms with Crippen LogP contribution in [0.25, 0.3) is 106 Å². The van der Waals surface area contributed by atoms with E-state index < -0.39 is 0 Å². The van der Waals surface area contributed by atoms with Gasteiger partial charge in [0.05, 0.1) is 0 Å². The molecule has 0 aliphatic rings. The van der Waals surface area contributed by atoms with E-state index in [-0.39, 0.29) is 0 Å². The Morgan fingerprint density at radius 1 is 0.319 bits per heavy atom. The zero-order valence-corrected chi connectivity index (χ0v) is 26.7. The molecule has 0 saturated carbocycles. The summed E-state index contributed by atoms with van der Waals surface area (Å²) < 4.78 is 11.8. The van der Waals surface area contributed by atoms with Crippen LogP contribution in [0.15, 0.2) is 150 Å². The molecular formula is C44H24OS2. The molecule has 0 N–H and O–H groups in total. The summed E-state index contributed by atoms with van der Waals surface area (Å²) in [6.45, 7) is 0.